The van der Waals surface area contributed by atoms with Crippen molar-refractivity contribution in [1.82, 2.24) is 9.88 Å². The molecule has 0 unspecified atom stereocenters. The second-order valence-electron chi connectivity index (χ2n) is 7.94. The monoisotopic (exact) mass is 439 g/mol. The molecular weight excluding hydrogens is 412 g/mol. The molecule has 0 fully saturated rings. The van der Waals surface area contributed by atoms with Crippen LogP contribution in [-0.2, 0) is 19.6 Å². The van der Waals surface area contributed by atoms with Gasteiger partial charge in [0.15, 0.2) is 0 Å². The second kappa shape index (κ2) is 10.0. The number of rotatable bonds is 9. The van der Waals surface area contributed by atoms with Crippen LogP contribution in [0.15, 0.2) is 48.5 Å². The highest BCUT2D eigenvalue weighted by Gasteiger charge is 2.18. The summed E-state index contributed by atoms with van der Waals surface area (Å²) in [6.45, 7) is 9.40. The Balaban J connectivity index is 1.74. The Hall–Kier alpha value is -2.76. The number of hydrogen-bond donors (Lipinski definition) is 1. The van der Waals surface area contributed by atoms with E-state index in [1.165, 1.54) is 0 Å². The summed E-state index contributed by atoms with van der Waals surface area (Å²) in [4.78, 5) is 11.9. The summed E-state index contributed by atoms with van der Waals surface area (Å²) < 4.78 is 7.69. The van der Waals surface area contributed by atoms with Crippen molar-refractivity contribution >= 4 is 17.6 Å². The van der Waals surface area contributed by atoms with Gasteiger partial charge >= 0.3 is 0 Å². The molecule has 3 rings (SSSR count). The van der Waals surface area contributed by atoms with E-state index in [0.717, 1.165) is 28.1 Å². The Morgan fingerprint density at radius 1 is 1.00 bits per heavy atom. The molecule has 5 nitrogen and oxygen atoms in total. The number of benzene rings is 2. The maximum atomic E-state index is 11.9. The average molecular weight is 440 g/mol. The summed E-state index contributed by atoms with van der Waals surface area (Å²) >= 11 is 5.98. The Kier molecular flexibility index (Phi) is 7.42. The van der Waals surface area contributed by atoms with E-state index in [2.05, 4.69) is 5.32 Å². The summed E-state index contributed by atoms with van der Waals surface area (Å²) in [5.41, 5.74) is 4.78. The van der Waals surface area contributed by atoms with Gasteiger partial charge in [-0.25, -0.2) is 0 Å². The van der Waals surface area contributed by atoms with Crippen LogP contribution in [0.1, 0.15) is 52.3 Å². The van der Waals surface area contributed by atoms with Crippen LogP contribution in [0.25, 0.3) is 0 Å². The van der Waals surface area contributed by atoms with Crippen LogP contribution in [0.3, 0.4) is 0 Å². The van der Waals surface area contributed by atoms with Crippen LogP contribution >= 0.6 is 11.6 Å². The van der Waals surface area contributed by atoms with Crippen molar-refractivity contribution in [3.05, 3.63) is 87.2 Å². The summed E-state index contributed by atoms with van der Waals surface area (Å²) in [6, 6.07) is 15.5. The van der Waals surface area contributed by atoms with Gasteiger partial charge in [0.25, 0.3) is 0 Å². The SMILES string of the molecule is Cc1c(CNCc2ccc(OC(C)C)cc2)c(C(=O)[O-])c(C)n1Cc1ccc(Cl)cc1. The minimum atomic E-state index is -1.15. The van der Waals surface area contributed by atoms with E-state index >= 15 is 0 Å². The molecule has 0 bridgehead atoms. The fourth-order valence-electron chi connectivity index (χ4n) is 3.74. The molecule has 31 heavy (non-hydrogen) atoms. The number of hydrogen-bond acceptors (Lipinski definition) is 4. The molecule has 0 radical (unpaired) electrons. The predicted molar refractivity (Wildman–Crippen MR) is 122 cm³/mol. The first kappa shape index (κ1) is 22.9. The van der Waals surface area contributed by atoms with Crippen molar-refractivity contribution in [2.75, 3.05) is 0 Å². The zero-order valence-corrected chi connectivity index (χ0v) is 19.1. The molecule has 1 aromatic heterocycles. The molecule has 0 saturated carbocycles. The fourth-order valence-corrected chi connectivity index (χ4v) is 3.86. The third-order valence-electron chi connectivity index (χ3n) is 5.29. The number of carbonyl (C=O) groups excluding carboxylic acids is 1. The van der Waals surface area contributed by atoms with Crippen LogP contribution in [0, 0.1) is 13.8 Å². The molecule has 0 aliphatic carbocycles. The van der Waals surface area contributed by atoms with Crippen molar-refractivity contribution < 1.29 is 14.6 Å². The lowest BCUT2D eigenvalue weighted by Gasteiger charge is -2.12. The van der Waals surface area contributed by atoms with Crippen LogP contribution in [0.4, 0.5) is 0 Å². The topological polar surface area (TPSA) is 66.3 Å². The van der Waals surface area contributed by atoms with Crippen molar-refractivity contribution in [3.63, 3.8) is 0 Å². The van der Waals surface area contributed by atoms with E-state index in [4.69, 9.17) is 16.3 Å². The Morgan fingerprint density at radius 3 is 2.19 bits per heavy atom. The quantitative estimate of drug-likeness (QED) is 0.541. The van der Waals surface area contributed by atoms with Gasteiger partial charge in [-0.3, -0.25) is 0 Å². The number of ether oxygens (including phenoxy) is 1. The fraction of sp³-hybridized carbons (Fsp3) is 0.320. The van der Waals surface area contributed by atoms with Gasteiger partial charge in [-0.05, 0) is 68.7 Å². The van der Waals surface area contributed by atoms with Gasteiger partial charge in [-0.15, -0.1) is 0 Å². The zero-order valence-electron chi connectivity index (χ0n) is 18.4. The van der Waals surface area contributed by atoms with E-state index in [9.17, 15) is 9.90 Å². The van der Waals surface area contributed by atoms with E-state index in [1.54, 1.807) is 0 Å². The number of aromatic nitrogens is 1. The molecule has 0 saturated heterocycles. The van der Waals surface area contributed by atoms with Gasteiger partial charge in [-0.2, -0.15) is 0 Å². The van der Waals surface area contributed by atoms with E-state index in [1.807, 2.05) is 80.8 Å². The summed E-state index contributed by atoms with van der Waals surface area (Å²) in [7, 11) is 0. The largest absolute Gasteiger partial charge is 0.545 e. The van der Waals surface area contributed by atoms with Gasteiger partial charge in [0.2, 0.25) is 0 Å². The molecule has 1 N–H and O–H groups in total. The predicted octanol–water partition coefficient (Wildman–Crippen LogP) is 4.25. The summed E-state index contributed by atoms with van der Waals surface area (Å²) in [5, 5.41) is 15.9. The van der Waals surface area contributed by atoms with Gasteiger partial charge < -0.3 is 24.5 Å². The molecule has 3 aromatic rings. The number of nitrogens with one attached hydrogen (secondary N) is 1. The number of halogens is 1. The summed E-state index contributed by atoms with van der Waals surface area (Å²) in [5.74, 6) is -0.314. The van der Waals surface area contributed by atoms with Gasteiger partial charge in [0, 0.05) is 41.6 Å². The molecule has 0 spiro atoms. The van der Waals surface area contributed by atoms with Gasteiger partial charge in [0.05, 0.1) is 12.1 Å². The first-order valence-electron chi connectivity index (χ1n) is 10.4. The minimum absolute atomic E-state index is 0.134. The molecule has 164 valence electrons. The first-order chi connectivity index (χ1) is 14.8. The normalized spacial score (nSPS) is 11.2. The van der Waals surface area contributed by atoms with Crippen LogP contribution in [0.5, 0.6) is 5.75 Å². The van der Waals surface area contributed by atoms with Crippen LogP contribution in [-0.4, -0.2) is 16.6 Å². The van der Waals surface area contributed by atoms with Crippen molar-refractivity contribution in [1.29, 1.82) is 0 Å². The number of aromatic carboxylic acids is 1. The van der Waals surface area contributed by atoms with Crippen molar-refractivity contribution in [2.45, 2.75) is 53.4 Å². The highest BCUT2D eigenvalue weighted by molar-refractivity contribution is 6.30. The number of nitrogens with zero attached hydrogens (tertiary/aromatic N) is 1. The minimum Gasteiger partial charge on any atom is -0.545 e. The maximum absolute atomic E-state index is 11.9. The van der Waals surface area contributed by atoms with Gasteiger partial charge in [0.1, 0.15) is 5.75 Å². The lowest BCUT2D eigenvalue weighted by molar-refractivity contribution is -0.255. The maximum Gasteiger partial charge on any atom is 0.119 e. The number of carboxylic acids is 1. The molecule has 0 atom stereocenters. The van der Waals surface area contributed by atoms with Gasteiger partial charge in [-0.1, -0.05) is 35.9 Å². The van der Waals surface area contributed by atoms with E-state index in [-0.39, 0.29) is 11.7 Å². The Bertz CT molecular complexity index is 1040. The molecule has 0 amide bonds. The standard InChI is InChI=1S/C25H29ClN2O3/c1-16(2)31-22-11-7-19(8-12-22)13-27-14-23-17(3)28(18(4)24(23)25(29)30)15-20-5-9-21(26)10-6-20/h5-12,16,27H,13-15H2,1-4H3,(H,29,30)/p-1. The molecule has 1 heterocycles. The third-order valence-corrected chi connectivity index (χ3v) is 5.55. The molecular formula is C25H28ClN2O3-. The van der Waals surface area contributed by atoms with Crippen LogP contribution < -0.4 is 15.2 Å². The Morgan fingerprint density at radius 2 is 1.61 bits per heavy atom. The lowest BCUT2D eigenvalue weighted by Crippen LogP contribution is -2.25. The lowest BCUT2D eigenvalue weighted by atomic mass is 10.1. The molecule has 6 heteroatoms. The third kappa shape index (κ3) is 5.69. The average Bonchev–Trinajstić information content (AvgIpc) is 2.95. The Labute approximate surface area is 188 Å². The highest BCUT2D eigenvalue weighted by Crippen LogP contribution is 2.24. The number of carbonyl (C=O) groups is 1. The number of carboxylic acid groups (broad SMARTS) is 1. The highest BCUT2D eigenvalue weighted by atomic mass is 35.5. The van der Waals surface area contributed by atoms with E-state index < -0.39 is 5.97 Å². The molecule has 0 aliphatic heterocycles. The first-order valence-corrected chi connectivity index (χ1v) is 10.7. The molecule has 0 aliphatic rings. The zero-order chi connectivity index (χ0) is 22.5. The van der Waals surface area contributed by atoms with E-state index in [0.29, 0.717) is 30.4 Å². The smallest absolute Gasteiger partial charge is 0.119 e. The second-order valence-corrected chi connectivity index (χ2v) is 8.37. The van der Waals surface area contributed by atoms with Crippen molar-refractivity contribution in [2.24, 2.45) is 0 Å². The summed E-state index contributed by atoms with van der Waals surface area (Å²) in [6.07, 6.45) is 0.134. The van der Waals surface area contributed by atoms with Crippen LogP contribution in [0.2, 0.25) is 5.02 Å². The van der Waals surface area contributed by atoms with Crippen molar-refractivity contribution in [3.8, 4) is 5.75 Å². The molecule has 2 aromatic carbocycles.